The van der Waals surface area contributed by atoms with Crippen molar-refractivity contribution in [2.24, 2.45) is 17.8 Å². The summed E-state index contributed by atoms with van der Waals surface area (Å²) in [6, 6.07) is 26.2. The lowest BCUT2D eigenvalue weighted by molar-refractivity contribution is -0.179. The molecule has 1 aliphatic carbocycles. The van der Waals surface area contributed by atoms with Gasteiger partial charge in [-0.2, -0.15) is 0 Å². The van der Waals surface area contributed by atoms with Crippen molar-refractivity contribution >= 4 is 23.8 Å². The SMILES string of the molecule is CCCN(Cc1ccc(Oc2ccccc2)cc1)C(=O)C1CC(C(=O)OCC(=O)N(CC)CC)C1C(=O)OCc1ccccc1. The first kappa shape index (κ1) is 33.2. The van der Waals surface area contributed by atoms with Gasteiger partial charge in [-0.15, -0.1) is 0 Å². The molecule has 4 rings (SSSR count). The van der Waals surface area contributed by atoms with Gasteiger partial charge in [0.15, 0.2) is 6.61 Å². The summed E-state index contributed by atoms with van der Waals surface area (Å²) in [4.78, 5) is 56.1. The van der Waals surface area contributed by atoms with Crippen LogP contribution in [-0.2, 0) is 41.8 Å². The topological polar surface area (TPSA) is 102 Å². The Morgan fingerprint density at radius 2 is 1.31 bits per heavy atom. The number of hydrogen-bond acceptors (Lipinski definition) is 7. The van der Waals surface area contributed by atoms with Gasteiger partial charge in [0.25, 0.3) is 5.91 Å². The minimum absolute atomic E-state index is 0.0232. The molecule has 1 aliphatic rings. The summed E-state index contributed by atoms with van der Waals surface area (Å²) >= 11 is 0. The molecular formula is C36H42N2O7. The van der Waals surface area contributed by atoms with Crippen LogP contribution in [0.2, 0.25) is 0 Å². The van der Waals surface area contributed by atoms with E-state index in [0.717, 1.165) is 23.3 Å². The molecule has 3 aromatic carbocycles. The van der Waals surface area contributed by atoms with Crippen LogP contribution in [0.4, 0.5) is 0 Å². The monoisotopic (exact) mass is 614 g/mol. The fourth-order valence-electron chi connectivity index (χ4n) is 5.49. The fraction of sp³-hybridized carbons (Fsp3) is 0.389. The highest BCUT2D eigenvalue weighted by Gasteiger charge is 2.55. The molecule has 0 aliphatic heterocycles. The molecule has 0 spiro atoms. The number of amides is 2. The molecule has 9 nitrogen and oxygen atoms in total. The van der Waals surface area contributed by atoms with Crippen LogP contribution in [0.5, 0.6) is 11.5 Å². The van der Waals surface area contributed by atoms with Crippen molar-refractivity contribution in [3.63, 3.8) is 0 Å². The van der Waals surface area contributed by atoms with E-state index >= 15 is 0 Å². The number of carbonyl (C=O) groups excluding carboxylic acids is 4. The summed E-state index contributed by atoms with van der Waals surface area (Å²) < 4.78 is 16.8. The zero-order valence-corrected chi connectivity index (χ0v) is 26.2. The summed E-state index contributed by atoms with van der Waals surface area (Å²) in [7, 11) is 0. The van der Waals surface area contributed by atoms with E-state index in [-0.39, 0.29) is 24.8 Å². The van der Waals surface area contributed by atoms with Crippen molar-refractivity contribution in [3.05, 3.63) is 96.1 Å². The van der Waals surface area contributed by atoms with Crippen LogP contribution in [0.15, 0.2) is 84.9 Å². The third-order valence-corrected chi connectivity index (χ3v) is 8.03. The first-order chi connectivity index (χ1) is 21.8. The summed E-state index contributed by atoms with van der Waals surface area (Å²) in [6.45, 7) is 7.11. The van der Waals surface area contributed by atoms with E-state index in [9.17, 15) is 19.2 Å². The van der Waals surface area contributed by atoms with Gasteiger partial charge in [-0.1, -0.05) is 67.6 Å². The molecule has 1 saturated carbocycles. The Morgan fingerprint density at radius 3 is 1.93 bits per heavy atom. The smallest absolute Gasteiger partial charge is 0.310 e. The molecule has 0 N–H and O–H groups in total. The first-order valence-electron chi connectivity index (χ1n) is 15.6. The van der Waals surface area contributed by atoms with Crippen molar-refractivity contribution in [2.75, 3.05) is 26.2 Å². The second-order valence-electron chi connectivity index (χ2n) is 11.1. The standard InChI is InChI=1S/C36H42N2O7/c1-4-21-38(23-26-17-19-29(20-18-26)45-28-15-11-8-12-16-28)34(40)30-22-31(35(41)44-25-32(39)37(5-2)6-3)33(30)36(42)43-24-27-13-9-7-10-14-27/h7-20,30-31,33H,4-6,21-25H2,1-3H3. The molecule has 9 heteroatoms. The molecule has 0 aromatic heterocycles. The number of benzene rings is 3. The average Bonchev–Trinajstić information content (AvgIpc) is 3.04. The molecule has 2 amide bonds. The maximum atomic E-state index is 13.9. The van der Waals surface area contributed by atoms with E-state index in [1.54, 1.807) is 9.80 Å². The maximum Gasteiger partial charge on any atom is 0.310 e. The number of ether oxygens (including phenoxy) is 3. The zero-order chi connectivity index (χ0) is 32.2. The highest BCUT2D eigenvalue weighted by atomic mass is 16.5. The van der Waals surface area contributed by atoms with Gasteiger partial charge < -0.3 is 24.0 Å². The molecule has 3 atom stereocenters. The van der Waals surface area contributed by atoms with E-state index in [2.05, 4.69) is 0 Å². The molecule has 1 fully saturated rings. The summed E-state index contributed by atoms with van der Waals surface area (Å²) in [5.41, 5.74) is 1.70. The van der Waals surface area contributed by atoms with Crippen LogP contribution in [0.25, 0.3) is 0 Å². The number of hydrogen-bond donors (Lipinski definition) is 0. The van der Waals surface area contributed by atoms with Gasteiger partial charge in [-0.25, -0.2) is 0 Å². The maximum absolute atomic E-state index is 13.9. The Balaban J connectivity index is 1.45. The Labute approximate surface area is 265 Å². The molecule has 0 bridgehead atoms. The number of likely N-dealkylation sites (N-methyl/N-ethyl adjacent to an activating group) is 1. The van der Waals surface area contributed by atoms with Gasteiger partial charge in [-0.3, -0.25) is 19.2 Å². The third-order valence-electron chi connectivity index (χ3n) is 8.03. The van der Waals surface area contributed by atoms with Gasteiger partial charge >= 0.3 is 11.9 Å². The second kappa shape index (κ2) is 16.4. The molecular weight excluding hydrogens is 572 g/mol. The Morgan fingerprint density at radius 1 is 0.689 bits per heavy atom. The lowest BCUT2D eigenvalue weighted by Crippen LogP contribution is -2.54. The van der Waals surface area contributed by atoms with Gasteiger partial charge in [-0.05, 0) is 62.1 Å². The van der Waals surface area contributed by atoms with Crippen molar-refractivity contribution in [1.82, 2.24) is 9.80 Å². The van der Waals surface area contributed by atoms with Crippen LogP contribution >= 0.6 is 0 Å². The summed E-state index contributed by atoms with van der Waals surface area (Å²) in [5.74, 6) is -3.02. The van der Waals surface area contributed by atoms with Crippen molar-refractivity contribution in [3.8, 4) is 11.5 Å². The van der Waals surface area contributed by atoms with Gasteiger partial charge in [0.05, 0.1) is 17.8 Å². The minimum Gasteiger partial charge on any atom is -0.461 e. The van der Waals surface area contributed by atoms with Crippen molar-refractivity contribution in [2.45, 2.75) is 46.8 Å². The van der Waals surface area contributed by atoms with Crippen molar-refractivity contribution < 1.29 is 33.4 Å². The lowest BCUT2D eigenvalue weighted by Gasteiger charge is -2.42. The first-order valence-corrected chi connectivity index (χ1v) is 15.6. The predicted octanol–water partition coefficient (Wildman–Crippen LogP) is 5.62. The summed E-state index contributed by atoms with van der Waals surface area (Å²) in [6.07, 6.45) is 0.863. The molecule has 238 valence electrons. The average molecular weight is 615 g/mol. The van der Waals surface area contributed by atoms with Gasteiger partial charge in [0.1, 0.15) is 18.1 Å². The molecule has 3 unspecified atom stereocenters. The molecule has 3 aromatic rings. The summed E-state index contributed by atoms with van der Waals surface area (Å²) in [5, 5.41) is 0. The quantitative estimate of drug-likeness (QED) is 0.205. The zero-order valence-electron chi connectivity index (χ0n) is 26.2. The minimum atomic E-state index is -1.00. The number of rotatable bonds is 15. The molecule has 0 heterocycles. The predicted molar refractivity (Wildman–Crippen MR) is 169 cm³/mol. The van der Waals surface area contributed by atoms with Gasteiger partial charge in [0, 0.05) is 26.2 Å². The molecule has 0 saturated heterocycles. The molecule has 45 heavy (non-hydrogen) atoms. The van der Waals surface area contributed by atoms with Crippen LogP contribution in [-0.4, -0.2) is 59.8 Å². The fourth-order valence-corrected chi connectivity index (χ4v) is 5.49. The van der Waals surface area contributed by atoms with E-state index in [0.29, 0.717) is 31.9 Å². The van der Waals surface area contributed by atoms with E-state index < -0.39 is 36.3 Å². The highest BCUT2D eigenvalue weighted by molar-refractivity contribution is 5.93. The Kier molecular flexibility index (Phi) is 12.1. The number of para-hydroxylation sites is 1. The van der Waals surface area contributed by atoms with E-state index in [1.165, 1.54) is 0 Å². The van der Waals surface area contributed by atoms with Crippen LogP contribution in [0.3, 0.4) is 0 Å². The van der Waals surface area contributed by atoms with E-state index in [4.69, 9.17) is 14.2 Å². The third kappa shape index (κ3) is 8.94. The van der Waals surface area contributed by atoms with Crippen LogP contribution < -0.4 is 4.74 Å². The normalized spacial score (nSPS) is 17.0. The highest BCUT2D eigenvalue weighted by Crippen LogP contribution is 2.44. The van der Waals surface area contributed by atoms with Gasteiger partial charge in [0.2, 0.25) is 5.91 Å². The lowest BCUT2D eigenvalue weighted by atomic mass is 9.64. The Hall–Kier alpha value is -4.66. The van der Waals surface area contributed by atoms with Crippen molar-refractivity contribution in [1.29, 1.82) is 0 Å². The molecule has 0 radical (unpaired) electrons. The number of esters is 2. The number of carbonyl (C=O) groups is 4. The Bertz CT molecular complexity index is 1410. The van der Waals surface area contributed by atoms with E-state index in [1.807, 2.05) is 106 Å². The second-order valence-corrected chi connectivity index (χ2v) is 11.1. The van der Waals surface area contributed by atoms with Crippen LogP contribution in [0, 0.1) is 17.8 Å². The largest absolute Gasteiger partial charge is 0.461 e. The number of nitrogens with zero attached hydrogens (tertiary/aromatic N) is 2. The van der Waals surface area contributed by atoms with Crippen LogP contribution in [0.1, 0.15) is 44.7 Å².